The molecular formula is C15H18N4O2. The third-order valence-electron chi connectivity index (χ3n) is 3.70. The number of amides is 1. The Balaban J connectivity index is 1.75. The van der Waals surface area contributed by atoms with Crippen LogP contribution in [0.4, 0.5) is 5.69 Å². The third-order valence-corrected chi connectivity index (χ3v) is 3.70. The average Bonchev–Trinajstić information content (AvgIpc) is 2.84. The molecule has 6 nitrogen and oxygen atoms in total. The molecule has 110 valence electrons. The maximum atomic E-state index is 12.4. The fraction of sp³-hybridized carbons (Fsp3) is 0.333. The van der Waals surface area contributed by atoms with Gasteiger partial charge in [-0.2, -0.15) is 5.10 Å². The highest BCUT2D eigenvalue weighted by Gasteiger charge is 2.19. The lowest BCUT2D eigenvalue weighted by Gasteiger charge is -2.21. The summed E-state index contributed by atoms with van der Waals surface area (Å²) in [5.41, 5.74) is 3.48. The highest BCUT2D eigenvalue weighted by molar-refractivity contribution is 5.98. The van der Waals surface area contributed by atoms with E-state index in [1.807, 2.05) is 26.1 Å². The van der Waals surface area contributed by atoms with Crippen molar-refractivity contribution in [3.8, 4) is 5.75 Å². The highest BCUT2D eigenvalue weighted by Crippen LogP contribution is 2.31. The van der Waals surface area contributed by atoms with Gasteiger partial charge in [0.25, 0.3) is 5.91 Å². The van der Waals surface area contributed by atoms with Crippen molar-refractivity contribution in [3.05, 3.63) is 41.2 Å². The minimum atomic E-state index is -0.140. The highest BCUT2D eigenvalue weighted by atomic mass is 16.5. The number of ether oxygens (including phenoxy) is 1. The van der Waals surface area contributed by atoms with Crippen LogP contribution in [0.25, 0.3) is 0 Å². The number of nitrogens with zero attached hydrogens (tertiary/aromatic N) is 2. The molecule has 21 heavy (non-hydrogen) atoms. The minimum Gasteiger partial charge on any atom is -0.489 e. The van der Waals surface area contributed by atoms with Gasteiger partial charge in [-0.05, 0) is 19.1 Å². The molecule has 1 amide bonds. The molecule has 2 N–H and O–H groups in total. The van der Waals surface area contributed by atoms with Crippen molar-refractivity contribution >= 4 is 11.6 Å². The summed E-state index contributed by atoms with van der Waals surface area (Å²) >= 11 is 0. The van der Waals surface area contributed by atoms with Crippen LogP contribution in [-0.4, -0.2) is 28.8 Å². The first-order chi connectivity index (χ1) is 10.2. The third kappa shape index (κ3) is 2.56. The standard InChI is InChI=1S/C15H18N4O2/c1-10-11(9-18-19(10)2)8-17-15(20)12-4-3-5-13-14(12)21-7-6-16-13/h3-5,9,16H,6-8H2,1-2H3,(H,17,20). The Kier molecular flexibility index (Phi) is 3.51. The summed E-state index contributed by atoms with van der Waals surface area (Å²) in [6, 6.07) is 5.54. The molecule has 1 aromatic heterocycles. The lowest BCUT2D eigenvalue weighted by atomic mass is 10.1. The Hall–Kier alpha value is -2.50. The number of nitrogens with one attached hydrogen (secondary N) is 2. The van der Waals surface area contributed by atoms with Crippen LogP contribution in [0.15, 0.2) is 24.4 Å². The van der Waals surface area contributed by atoms with Gasteiger partial charge < -0.3 is 15.4 Å². The molecule has 2 aromatic rings. The molecule has 0 saturated heterocycles. The van der Waals surface area contributed by atoms with E-state index < -0.39 is 0 Å². The zero-order valence-electron chi connectivity index (χ0n) is 12.1. The van der Waals surface area contributed by atoms with Crippen molar-refractivity contribution in [2.75, 3.05) is 18.5 Å². The first-order valence-corrected chi connectivity index (χ1v) is 6.92. The van der Waals surface area contributed by atoms with Gasteiger partial charge in [0.1, 0.15) is 6.61 Å². The molecule has 0 unspecified atom stereocenters. The fourth-order valence-electron chi connectivity index (χ4n) is 2.34. The number of hydrogen-bond acceptors (Lipinski definition) is 4. The summed E-state index contributed by atoms with van der Waals surface area (Å²) < 4.78 is 7.41. The summed E-state index contributed by atoms with van der Waals surface area (Å²) in [7, 11) is 1.88. The van der Waals surface area contributed by atoms with Crippen LogP contribution in [0.3, 0.4) is 0 Å². The zero-order chi connectivity index (χ0) is 14.8. The number of anilines is 1. The molecule has 0 saturated carbocycles. The van der Waals surface area contributed by atoms with E-state index in [0.29, 0.717) is 24.5 Å². The number of hydrogen-bond donors (Lipinski definition) is 2. The summed E-state index contributed by atoms with van der Waals surface area (Å²) in [5.74, 6) is 0.489. The molecule has 0 atom stereocenters. The SMILES string of the molecule is Cc1c(CNC(=O)c2cccc3c2OCCN3)cnn1C. The average molecular weight is 286 g/mol. The number of aryl methyl sites for hydroxylation is 1. The summed E-state index contributed by atoms with van der Waals surface area (Å²) in [4.78, 5) is 12.4. The molecule has 0 fully saturated rings. The summed E-state index contributed by atoms with van der Waals surface area (Å²) in [6.45, 7) is 3.76. The van der Waals surface area contributed by atoms with Crippen molar-refractivity contribution in [3.63, 3.8) is 0 Å². The van der Waals surface area contributed by atoms with Gasteiger partial charge in [-0.25, -0.2) is 0 Å². The number of rotatable bonds is 3. The maximum Gasteiger partial charge on any atom is 0.255 e. The molecule has 2 heterocycles. The van der Waals surface area contributed by atoms with E-state index in [0.717, 1.165) is 23.5 Å². The van der Waals surface area contributed by atoms with Crippen LogP contribution in [0.2, 0.25) is 0 Å². The normalized spacial score (nSPS) is 13.0. The second-order valence-electron chi connectivity index (χ2n) is 5.02. The molecule has 0 bridgehead atoms. The number of para-hydroxylation sites is 1. The quantitative estimate of drug-likeness (QED) is 0.896. The Morgan fingerprint density at radius 3 is 3.14 bits per heavy atom. The van der Waals surface area contributed by atoms with Crippen LogP contribution < -0.4 is 15.4 Å². The van der Waals surface area contributed by atoms with E-state index in [-0.39, 0.29) is 5.91 Å². The van der Waals surface area contributed by atoms with Gasteiger partial charge in [-0.3, -0.25) is 9.48 Å². The van der Waals surface area contributed by atoms with Gasteiger partial charge in [0.05, 0.1) is 17.4 Å². The minimum absolute atomic E-state index is 0.140. The second-order valence-corrected chi connectivity index (χ2v) is 5.02. The predicted octanol–water partition coefficient (Wildman–Crippen LogP) is 1.46. The summed E-state index contributed by atoms with van der Waals surface area (Å²) in [6.07, 6.45) is 1.77. The van der Waals surface area contributed by atoms with E-state index in [1.165, 1.54) is 0 Å². The molecule has 6 heteroatoms. The van der Waals surface area contributed by atoms with Crippen molar-refractivity contribution in [2.24, 2.45) is 7.05 Å². The predicted molar refractivity (Wildman–Crippen MR) is 79.5 cm³/mol. The molecule has 0 spiro atoms. The van der Waals surface area contributed by atoms with Gasteiger partial charge in [0.15, 0.2) is 5.75 Å². The second kappa shape index (κ2) is 5.47. The topological polar surface area (TPSA) is 68.2 Å². The van der Waals surface area contributed by atoms with Gasteiger partial charge in [0.2, 0.25) is 0 Å². The van der Waals surface area contributed by atoms with Crippen molar-refractivity contribution in [1.29, 1.82) is 0 Å². The van der Waals surface area contributed by atoms with Crippen LogP contribution >= 0.6 is 0 Å². The van der Waals surface area contributed by atoms with Gasteiger partial charge in [-0.15, -0.1) is 0 Å². The molecule has 0 radical (unpaired) electrons. The molecule has 0 aliphatic carbocycles. The molecule has 3 rings (SSSR count). The van der Waals surface area contributed by atoms with E-state index in [2.05, 4.69) is 15.7 Å². The monoisotopic (exact) mass is 286 g/mol. The molecule has 1 aliphatic heterocycles. The van der Waals surface area contributed by atoms with Crippen molar-refractivity contribution < 1.29 is 9.53 Å². The fourth-order valence-corrected chi connectivity index (χ4v) is 2.34. The van der Waals surface area contributed by atoms with Gasteiger partial charge in [0, 0.05) is 31.4 Å². The first kappa shape index (κ1) is 13.5. The Morgan fingerprint density at radius 2 is 2.38 bits per heavy atom. The Bertz CT molecular complexity index is 678. The lowest BCUT2D eigenvalue weighted by molar-refractivity contribution is 0.0946. The van der Waals surface area contributed by atoms with Crippen LogP contribution in [-0.2, 0) is 13.6 Å². The first-order valence-electron chi connectivity index (χ1n) is 6.92. The van der Waals surface area contributed by atoms with E-state index in [4.69, 9.17) is 4.74 Å². The molecule has 1 aliphatic rings. The van der Waals surface area contributed by atoms with E-state index in [1.54, 1.807) is 16.9 Å². The van der Waals surface area contributed by atoms with E-state index >= 15 is 0 Å². The van der Waals surface area contributed by atoms with Crippen molar-refractivity contribution in [2.45, 2.75) is 13.5 Å². The smallest absolute Gasteiger partial charge is 0.255 e. The lowest BCUT2D eigenvalue weighted by Crippen LogP contribution is -2.26. The number of fused-ring (bicyclic) bond motifs is 1. The molecular weight excluding hydrogens is 268 g/mol. The largest absolute Gasteiger partial charge is 0.489 e. The zero-order valence-corrected chi connectivity index (χ0v) is 12.1. The van der Waals surface area contributed by atoms with Crippen LogP contribution in [0.5, 0.6) is 5.75 Å². The van der Waals surface area contributed by atoms with Crippen LogP contribution in [0, 0.1) is 6.92 Å². The Labute approximate surface area is 123 Å². The number of aromatic nitrogens is 2. The van der Waals surface area contributed by atoms with Crippen LogP contribution in [0.1, 0.15) is 21.6 Å². The summed E-state index contributed by atoms with van der Waals surface area (Å²) in [5, 5.41) is 10.3. The van der Waals surface area contributed by atoms with Crippen molar-refractivity contribution in [1.82, 2.24) is 15.1 Å². The van der Waals surface area contributed by atoms with E-state index in [9.17, 15) is 4.79 Å². The van der Waals surface area contributed by atoms with Gasteiger partial charge in [-0.1, -0.05) is 6.07 Å². The number of carbonyl (C=O) groups excluding carboxylic acids is 1. The maximum absolute atomic E-state index is 12.4. The van der Waals surface area contributed by atoms with Gasteiger partial charge >= 0.3 is 0 Å². The molecule has 1 aromatic carbocycles. The number of benzene rings is 1. The number of carbonyl (C=O) groups is 1. The Morgan fingerprint density at radius 1 is 1.52 bits per heavy atom.